The number of hydrogen-bond acceptors (Lipinski definition) is 2. The Bertz CT molecular complexity index is 584. The predicted octanol–water partition coefficient (Wildman–Crippen LogP) is 4.51. The van der Waals surface area contributed by atoms with Gasteiger partial charge < -0.3 is 0 Å². The summed E-state index contributed by atoms with van der Waals surface area (Å²) in [6, 6.07) is 10.0. The van der Waals surface area contributed by atoms with Crippen molar-refractivity contribution >= 4 is 39.1 Å². The highest BCUT2D eigenvalue weighted by molar-refractivity contribution is 9.10. The van der Waals surface area contributed by atoms with E-state index in [1.807, 2.05) is 18.2 Å². The summed E-state index contributed by atoms with van der Waals surface area (Å²) < 4.78 is 14.0. The molecule has 1 atom stereocenters. The van der Waals surface area contributed by atoms with Crippen molar-refractivity contribution in [1.82, 2.24) is 5.43 Å². The van der Waals surface area contributed by atoms with E-state index in [1.54, 1.807) is 6.07 Å². The molecule has 1 unspecified atom stereocenters. The van der Waals surface area contributed by atoms with Gasteiger partial charge in [-0.3, -0.25) is 11.3 Å². The standard InChI is InChI=1S/C15H14BrCl2FN2/c16-11-3-1-9(14(17)7-11)5-13(21-20)6-10-2-4-12(19)8-15(10)18/h1-4,7-8,13,21H,5-6,20H2. The lowest BCUT2D eigenvalue weighted by atomic mass is 9.99. The third-order valence-electron chi connectivity index (χ3n) is 3.20. The van der Waals surface area contributed by atoms with Crippen molar-refractivity contribution in [2.75, 3.05) is 0 Å². The smallest absolute Gasteiger partial charge is 0.124 e. The maximum Gasteiger partial charge on any atom is 0.124 e. The van der Waals surface area contributed by atoms with Crippen molar-refractivity contribution in [3.8, 4) is 0 Å². The van der Waals surface area contributed by atoms with Crippen molar-refractivity contribution in [3.63, 3.8) is 0 Å². The molecule has 0 aliphatic carbocycles. The molecule has 2 nitrogen and oxygen atoms in total. The molecule has 0 heterocycles. The number of benzene rings is 2. The number of rotatable bonds is 5. The molecule has 0 radical (unpaired) electrons. The zero-order chi connectivity index (χ0) is 15.4. The van der Waals surface area contributed by atoms with Gasteiger partial charge in [0.15, 0.2) is 0 Å². The third-order valence-corrected chi connectivity index (χ3v) is 4.40. The van der Waals surface area contributed by atoms with E-state index < -0.39 is 0 Å². The van der Waals surface area contributed by atoms with Crippen LogP contribution in [0.25, 0.3) is 0 Å². The monoisotopic (exact) mass is 390 g/mol. The highest BCUT2D eigenvalue weighted by Crippen LogP contribution is 2.24. The quantitative estimate of drug-likeness (QED) is 0.581. The first-order valence-corrected chi connectivity index (χ1v) is 7.88. The molecule has 0 bridgehead atoms. The zero-order valence-corrected chi connectivity index (χ0v) is 14.1. The van der Waals surface area contributed by atoms with E-state index in [0.29, 0.717) is 22.9 Å². The van der Waals surface area contributed by atoms with Crippen LogP contribution in [0.4, 0.5) is 4.39 Å². The zero-order valence-electron chi connectivity index (χ0n) is 11.0. The van der Waals surface area contributed by atoms with Gasteiger partial charge in [0.2, 0.25) is 0 Å². The Hall–Kier alpha value is -0.650. The Kier molecular flexibility index (Phi) is 6.02. The molecule has 0 fully saturated rings. The number of hydrazine groups is 1. The minimum atomic E-state index is -0.350. The Morgan fingerprint density at radius 3 is 2.14 bits per heavy atom. The molecule has 0 saturated carbocycles. The summed E-state index contributed by atoms with van der Waals surface area (Å²) in [6.07, 6.45) is 1.23. The second-order valence-corrected chi connectivity index (χ2v) is 6.47. The molecule has 0 saturated heterocycles. The molecular formula is C15H14BrCl2FN2. The van der Waals surface area contributed by atoms with Gasteiger partial charge in [-0.25, -0.2) is 4.39 Å². The molecule has 6 heteroatoms. The average molecular weight is 392 g/mol. The van der Waals surface area contributed by atoms with Crippen molar-refractivity contribution in [2.24, 2.45) is 5.84 Å². The summed E-state index contributed by atoms with van der Waals surface area (Å²) in [6.45, 7) is 0. The minimum Gasteiger partial charge on any atom is -0.271 e. The fourth-order valence-electron chi connectivity index (χ4n) is 2.10. The molecule has 112 valence electrons. The van der Waals surface area contributed by atoms with Crippen LogP contribution in [0.3, 0.4) is 0 Å². The fraction of sp³-hybridized carbons (Fsp3) is 0.200. The predicted molar refractivity (Wildman–Crippen MR) is 89.1 cm³/mol. The van der Waals surface area contributed by atoms with Crippen LogP contribution in [-0.4, -0.2) is 6.04 Å². The number of halogens is 4. The van der Waals surface area contributed by atoms with Gasteiger partial charge in [0, 0.05) is 20.6 Å². The molecule has 2 rings (SSSR count). The van der Waals surface area contributed by atoms with Crippen LogP contribution in [0.2, 0.25) is 10.0 Å². The summed E-state index contributed by atoms with van der Waals surface area (Å²) >= 11 is 15.6. The number of nitrogens with two attached hydrogens (primary N) is 1. The Morgan fingerprint density at radius 2 is 1.62 bits per heavy atom. The Balaban J connectivity index is 2.13. The first kappa shape index (κ1) is 16.7. The van der Waals surface area contributed by atoms with E-state index in [0.717, 1.165) is 15.6 Å². The van der Waals surface area contributed by atoms with Crippen LogP contribution in [0.1, 0.15) is 11.1 Å². The second-order valence-electron chi connectivity index (χ2n) is 4.74. The van der Waals surface area contributed by atoms with Gasteiger partial charge in [-0.05, 0) is 48.2 Å². The van der Waals surface area contributed by atoms with Crippen molar-refractivity contribution in [2.45, 2.75) is 18.9 Å². The first-order chi connectivity index (χ1) is 9.99. The average Bonchev–Trinajstić information content (AvgIpc) is 2.43. The Morgan fingerprint density at radius 1 is 1.05 bits per heavy atom. The van der Waals surface area contributed by atoms with Crippen molar-refractivity contribution < 1.29 is 4.39 Å². The van der Waals surface area contributed by atoms with Gasteiger partial charge in [-0.2, -0.15) is 0 Å². The van der Waals surface area contributed by atoms with E-state index in [2.05, 4.69) is 21.4 Å². The second kappa shape index (κ2) is 7.56. The Labute approximate surface area is 141 Å². The van der Waals surface area contributed by atoms with Gasteiger partial charge in [0.25, 0.3) is 0 Å². The van der Waals surface area contributed by atoms with Crippen LogP contribution in [0.15, 0.2) is 40.9 Å². The van der Waals surface area contributed by atoms with Gasteiger partial charge in [0.05, 0.1) is 0 Å². The van der Waals surface area contributed by atoms with Crippen LogP contribution in [-0.2, 0) is 12.8 Å². The first-order valence-electron chi connectivity index (χ1n) is 6.33. The summed E-state index contributed by atoms with van der Waals surface area (Å²) in [5.41, 5.74) is 4.59. The fourth-order valence-corrected chi connectivity index (χ4v) is 3.09. The van der Waals surface area contributed by atoms with Crippen LogP contribution in [0, 0.1) is 5.82 Å². The summed E-state index contributed by atoms with van der Waals surface area (Å²) in [4.78, 5) is 0. The SMILES string of the molecule is NNC(Cc1ccc(F)cc1Cl)Cc1ccc(Br)cc1Cl. The van der Waals surface area contributed by atoms with Gasteiger partial charge >= 0.3 is 0 Å². The van der Waals surface area contributed by atoms with Gasteiger partial charge in [-0.1, -0.05) is 51.3 Å². The molecule has 2 aromatic rings. The van der Waals surface area contributed by atoms with Gasteiger partial charge in [-0.15, -0.1) is 0 Å². The third kappa shape index (κ3) is 4.66. The molecule has 0 amide bonds. The van der Waals surface area contributed by atoms with Crippen LogP contribution < -0.4 is 11.3 Å². The van der Waals surface area contributed by atoms with Crippen molar-refractivity contribution in [3.05, 3.63) is 67.9 Å². The van der Waals surface area contributed by atoms with E-state index >= 15 is 0 Å². The largest absolute Gasteiger partial charge is 0.271 e. The summed E-state index contributed by atoms with van der Waals surface area (Å²) in [7, 11) is 0. The molecule has 2 aromatic carbocycles. The lowest BCUT2D eigenvalue weighted by Crippen LogP contribution is -2.38. The van der Waals surface area contributed by atoms with E-state index in [-0.39, 0.29) is 11.9 Å². The molecule has 21 heavy (non-hydrogen) atoms. The van der Waals surface area contributed by atoms with E-state index in [4.69, 9.17) is 29.0 Å². The number of hydrogen-bond donors (Lipinski definition) is 2. The highest BCUT2D eigenvalue weighted by Gasteiger charge is 2.13. The molecule has 0 aliphatic rings. The molecular weight excluding hydrogens is 378 g/mol. The molecule has 0 aliphatic heterocycles. The van der Waals surface area contributed by atoms with Crippen LogP contribution in [0.5, 0.6) is 0 Å². The summed E-state index contributed by atoms with van der Waals surface area (Å²) in [5.74, 6) is 5.26. The molecule has 0 spiro atoms. The van der Waals surface area contributed by atoms with Gasteiger partial charge in [0.1, 0.15) is 5.82 Å². The molecule has 0 aromatic heterocycles. The highest BCUT2D eigenvalue weighted by atomic mass is 79.9. The van der Waals surface area contributed by atoms with Crippen molar-refractivity contribution in [1.29, 1.82) is 0 Å². The lowest BCUT2D eigenvalue weighted by Gasteiger charge is -2.17. The summed E-state index contributed by atoms with van der Waals surface area (Å²) in [5, 5.41) is 1.08. The topological polar surface area (TPSA) is 38.0 Å². The van der Waals surface area contributed by atoms with E-state index in [9.17, 15) is 4.39 Å². The lowest BCUT2D eigenvalue weighted by molar-refractivity contribution is 0.522. The van der Waals surface area contributed by atoms with E-state index in [1.165, 1.54) is 12.1 Å². The normalized spacial score (nSPS) is 12.4. The number of nitrogens with one attached hydrogen (secondary N) is 1. The van der Waals surface area contributed by atoms with Crippen LogP contribution >= 0.6 is 39.1 Å². The minimum absolute atomic E-state index is 0.0494. The maximum atomic E-state index is 13.1. The molecule has 3 N–H and O–H groups in total. The maximum absolute atomic E-state index is 13.1.